The number of carbonyl (C=O) groups excluding carboxylic acids is 3. The summed E-state index contributed by atoms with van der Waals surface area (Å²) in [6.45, 7) is 2.23. The first-order valence-corrected chi connectivity index (χ1v) is 11.1. The SMILES string of the molecule is CCOC(=O)c1cc(-c2ccccc2)sc1NC(=O)COC(=O)c1ccc2c(c1)OCCO2. The molecule has 0 unspecified atom stereocenters. The Morgan fingerprint density at radius 2 is 1.70 bits per heavy atom. The molecule has 1 aromatic heterocycles. The molecular formula is C24H21NO7S. The summed E-state index contributed by atoms with van der Waals surface area (Å²) >= 11 is 1.24. The van der Waals surface area contributed by atoms with Crippen molar-refractivity contribution in [1.29, 1.82) is 0 Å². The molecule has 0 saturated carbocycles. The van der Waals surface area contributed by atoms with Crippen LogP contribution in [0.3, 0.4) is 0 Å². The van der Waals surface area contributed by atoms with Crippen molar-refractivity contribution in [3.8, 4) is 21.9 Å². The van der Waals surface area contributed by atoms with Crippen molar-refractivity contribution in [2.24, 2.45) is 0 Å². The van der Waals surface area contributed by atoms with Crippen LogP contribution >= 0.6 is 11.3 Å². The summed E-state index contributed by atoms with van der Waals surface area (Å²) in [6, 6.07) is 15.8. The van der Waals surface area contributed by atoms with E-state index in [9.17, 15) is 14.4 Å². The smallest absolute Gasteiger partial charge is 0.341 e. The molecule has 0 fully saturated rings. The van der Waals surface area contributed by atoms with Gasteiger partial charge in [0.2, 0.25) is 0 Å². The summed E-state index contributed by atoms with van der Waals surface area (Å²) in [4.78, 5) is 38.0. The Hall–Kier alpha value is -3.85. The monoisotopic (exact) mass is 467 g/mol. The summed E-state index contributed by atoms with van der Waals surface area (Å²) in [6.07, 6.45) is 0. The first-order chi connectivity index (χ1) is 16.0. The summed E-state index contributed by atoms with van der Waals surface area (Å²) in [7, 11) is 0. The van der Waals surface area contributed by atoms with Gasteiger partial charge in [-0.3, -0.25) is 4.79 Å². The number of amides is 1. The van der Waals surface area contributed by atoms with Gasteiger partial charge in [0.05, 0.1) is 17.7 Å². The van der Waals surface area contributed by atoms with E-state index < -0.39 is 24.5 Å². The van der Waals surface area contributed by atoms with Crippen molar-refractivity contribution in [3.63, 3.8) is 0 Å². The zero-order valence-electron chi connectivity index (χ0n) is 17.8. The fourth-order valence-electron chi connectivity index (χ4n) is 3.14. The summed E-state index contributed by atoms with van der Waals surface area (Å²) in [5.41, 5.74) is 1.38. The Kier molecular flexibility index (Phi) is 6.89. The molecule has 0 saturated heterocycles. The molecule has 1 aliphatic rings. The van der Waals surface area contributed by atoms with E-state index in [1.807, 2.05) is 30.3 Å². The second-order valence-electron chi connectivity index (χ2n) is 6.92. The van der Waals surface area contributed by atoms with Gasteiger partial charge in [0.15, 0.2) is 18.1 Å². The molecule has 0 bridgehead atoms. The largest absolute Gasteiger partial charge is 0.486 e. The van der Waals surface area contributed by atoms with Gasteiger partial charge in [0, 0.05) is 4.88 Å². The van der Waals surface area contributed by atoms with E-state index in [2.05, 4.69) is 5.32 Å². The zero-order chi connectivity index (χ0) is 23.2. The van der Waals surface area contributed by atoms with Crippen molar-refractivity contribution in [2.45, 2.75) is 6.92 Å². The Morgan fingerprint density at radius 3 is 2.45 bits per heavy atom. The maximum atomic E-state index is 12.5. The molecule has 1 N–H and O–H groups in total. The molecule has 33 heavy (non-hydrogen) atoms. The van der Waals surface area contributed by atoms with Gasteiger partial charge in [-0.2, -0.15) is 0 Å². The van der Waals surface area contributed by atoms with Crippen molar-refractivity contribution in [1.82, 2.24) is 0 Å². The molecule has 0 spiro atoms. The van der Waals surface area contributed by atoms with E-state index in [0.717, 1.165) is 10.4 Å². The number of thiophene rings is 1. The van der Waals surface area contributed by atoms with Crippen LogP contribution in [0.1, 0.15) is 27.6 Å². The van der Waals surface area contributed by atoms with Gasteiger partial charge in [0.1, 0.15) is 18.2 Å². The molecular weight excluding hydrogens is 446 g/mol. The number of anilines is 1. The van der Waals surface area contributed by atoms with Gasteiger partial charge in [-0.05, 0) is 36.8 Å². The van der Waals surface area contributed by atoms with Crippen LogP contribution in [0.15, 0.2) is 54.6 Å². The molecule has 1 aliphatic heterocycles. The fraction of sp³-hybridized carbons (Fsp3) is 0.208. The third-order valence-electron chi connectivity index (χ3n) is 4.65. The van der Waals surface area contributed by atoms with Crippen LogP contribution in [0, 0.1) is 0 Å². The Labute approximate surface area is 194 Å². The van der Waals surface area contributed by atoms with Gasteiger partial charge in [0.25, 0.3) is 5.91 Å². The van der Waals surface area contributed by atoms with Crippen molar-refractivity contribution in [2.75, 3.05) is 31.7 Å². The molecule has 0 atom stereocenters. The molecule has 3 aromatic rings. The lowest BCUT2D eigenvalue weighted by molar-refractivity contribution is -0.119. The van der Waals surface area contributed by atoms with Crippen molar-refractivity contribution in [3.05, 3.63) is 65.7 Å². The highest BCUT2D eigenvalue weighted by atomic mass is 32.1. The number of hydrogen-bond acceptors (Lipinski definition) is 8. The van der Waals surface area contributed by atoms with E-state index in [-0.39, 0.29) is 17.7 Å². The lowest BCUT2D eigenvalue weighted by atomic mass is 10.1. The molecule has 170 valence electrons. The molecule has 0 aliphatic carbocycles. The van der Waals surface area contributed by atoms with Crippen LogP contribution in [-0.2, 0) is 14.3 Å². The molecule has 2 aromatic carbocycles. The van der Waals surface area contributed by atoms with Gasteiger partial charge < -0.3 is 24.3 Å². The van der Waals surface area contributed by atoms with Crippen molar-refractivity contribution >= 4 is 34.2 Å². The van der Waals surface area contributed by atoms with Crippen LogP contribution in [-0.4, -0.2) is 44.3 Å². The Bertz CT molecular complexity index is 1170. The average molecular weight is 467 g/mol. The van der Waals surface area contributed by atoms with Crippen molar-refractivity contribution < 1.29 is 33.3 Å². The second kappa shape index (κ2) is 10.2. The Balaban J connectivity index is 1.43. The maximum Gasteiger partial charge on any atom is 0.341 e. The third-order valence-corrected chi connectivity index (χ3v) is 5.75. The van der Waals surface area contributed by atoms with E-state index in [0.29, 0.717) is 29.7 Å². The minimum atomic E-state index is -0.677. The number of nitrogens with one attached hydrogen (secondary N) is 1. The standard InChI is InChI=1S/C24H21NO7S/c1-2-29-24(28)17-13-20(15-6-4-3-5-7-15)33-22(17)25-21(26)14-32-23(27)16-8-9-18-19(12-16)31-11-10-30-18/h3-9,12-13H,2,10-11,14H2,1H3,(H,25,26). The quantitative estimate of drug-likeness (QED) is 0.521. The van der Waals surface area contributed by atoms with Gasteiger partial charge >= 0.3 is 11.9 Å². The maximum absolute atomic E-state index is 12.5. The molecule has 0 radical (unpaired) electrons. The summed E-state index contributed by atoms with van der Waals surface area (Å²) in [5.74, 6) is -0.795. The van der Waals surface area contributed by atoms with Gasteiger partial charge in [-0.15, -0.1) is 11.3 Å². The predicted molar refractivity (Wildman–Crippen MR) is 122 cm³/mol. The van der Waals surface area contributed by atoms with Gasteiger partial charge in [-0.25, -0.2) is 9.59 Å². The highest BCUT2D eigenvalue weighted by Gasteiger charge is 2.21. The number of benzene rings is 2. The molecule has 1 amide bonds. The topological polar surface area (TPSA) is 100 Å². The first-order valence-electron chi connectivity index (χ1n) is 10.3. The minimum absolute atomic E-state index is 0.204. The number of rotatable bonds is 7. The minimum Gasteiger partial charge on any atom is -0.486 e. The predicted octanol–water partition coefficient (Wildman–Crippen LogP) is 4.16. The average Bonchev–Trinajstić information content (AvgIpc) is 3.26. The number of ether oxygens (including phenoxy) is 4. The van der Waals surface area contributed by atoms with E-state index in [1.54, 1.807) is 19.1 Å². The Morgan fingerprint density at radius 1 is 0.939 bits per heavy atom. The molecule has 2 heterocycles. The first kappa shape index (κ1) is 22.3. The van der Waals surface area contributed by atoms with Crippen LogP contribution in [0.2, 0.25) is 0 Å². The highest BCUT2D eigenvalue weighted by molar-refractivity contribution is 7.20. The highest BCUT2D eigenvalue weighted by Crippen LogP contribution is 2.36. The lowest BCUT2D eigenvalue weighted by Gasteiger charge is -2.18. The fourth-order valence-corrected chi connectivity index (χ4v) is 4.20. The van der Waals surface area contributed by atoms with Crippen LogP contribution in [0.4, 0.5) is 5.00 Å². The lowest BCUT2D eigenvalue weighted by Crippen LogP contribution is -2.22. The normalized spacial score (nSPS) is 12.0. The van der Waals surface area contributed by atoms with Crippen LogP contribution in [0.25, 0.3) is 10.4 Å². The molecule has 9 heteroatoms. The molecule has 8 nitrogen and oxygen atoms in total. The third kappa shape index (κ3) is 5.32. The summed E-state index contributed by atoms with van der Waals surface area (Å²) < 4.78 is 21.1. The van der Waals surface area contributed by atoms with Gasteiger partial charge in [-0.1, -0.05) is 30.3 Å². The number of carbonyl (C=O) groups is 3. The van der Waals surface area contributed by atoms with E-state index >= 15 is 0 Å². The summed E-state index contributed by atoms with van der Waals surface area (Å²) in [5, 5.41) is 2.98. The number of esters is 2. The molecule has 4 rings (SSSR count). The van der Waals surface area contributed by atoms with Crippen LogP contribution in [0.5, 0.6) is 11.5 Å². The zero-order valence-corrected chi connectivity index (χ0v) is 18.6. The van der Waals surface area contributed by atoms with E-state index in [1.165, 1.54) is 23.5 Å². The van der Waals surface area contributed by atoms with Crippen LogP contribution < -0.4 is 14.8 Å². The second-order valence-corrected chi connectivity index (χ2v) is 7.97. The number of hydrogen-bond donors (Lipinski definition) is 1. The van der Waals surface area contributed by atoms with E-state index in [4.69, 9.17) is 18.9 Å². The number of fused-ring (bicyclic) bond motifs is 1.